The predicted molar refractivity (Wildman–Crippen MR) is 84.4 cm³/mol. The molecule has 0 saturated heterocycles. The lowest BCUT2D eigenvalue weighted by Crippen LogP contribution is -2.39. The van der Waals surface area contributed by atoms with Gasteiger partial charge in [-0.1, -0.05) is 18.2 Å². The van der Waals surface area contributed by atoms with E-state index in [1.54, 1.807) is 12.1 Å². The van der Waals surface area contributed by atoms with E-state index < -0.39 is 0 Å². The van der Waals surface area contributed by atoms with Crippen LogP contribution in [0.25, 0.3) is 0 Å². The van der Waals surface area contributed by atoms with Gasteiger partial charge in [0, 0.05) is 17.8 Å². The van der Waals surface area contributed by atoms with Crippen molar-refractivity contribution in [3.63, 3.8) is 0 Å². The molecule has 21 heavy (non-hydrogen) atoms. The van der Waals surface area contributed by atoms with E-state index in [1.807, 2.05) is 45.0 Å². The molecule has 2 rings (SSSR count). The van der Waals surface area contributed by atoms with E-state index in [2.05, 4.69) is 4.90 Å². The van der Waals surface area contributed by atoms with Gasteiger partial charge in [-0.25, -0.2) is 4.39 Å². The first kappa shape index (κ1) is 15.2. The van der Waals surface area contributed by atoms with Gasteiger partial charge in [0.1, 0.15) is 5.82 Å². The molecular weight excluding hydrogens is 265 g/mol. The molecular formula is C18H20FNO. The Bertz CT molecular complexity index is 621. The van der Waals surface area contributed by atoms with Gasteiger partial charge in [-0.3, -0.25) is 4.79 Å². The number of hydrogen-bond donors (Lipinski definition) is 0. The normalized spacial score (nSPS) is 12.0. The van der Waals surface area contributed by atoms with Crippen molar-refractivity contribution < 1.29 is 9.18 Å². The lowest BCUT2D eigenvalue weighted by atomic mass is 10.0. The van der Waals surface area contributed by atoms with Gasteiger partial charge in [-0.15, -0.1) is 0 Å². The Morgan fingerprint density at radius 2 is 1.76 bits per heavy atom. The van der Waals surface area contributed by atoms with Crippen LogP contribution < -0.4 is 4.90 Å². The zero-order valence-electron chi connectivity index (χ0n) is 12.6. The second-order valence-corrected chi connectivity index (χ2v) is 5.12. The fraction of sp³-hybridized carbons (Fsp3) is 0.278. The number of carbonyl (C=O) groups is 1. The molecule has 0 radical (unpaired) electrons. The number of anilines is 1. The summed E-state index contributed by atoms with van der Waals surface area (Å²) in [5.41, 5.74) is 2.73. The van der Waals surface area contributed by atoms with Crippen molar-refractivity contribution in [3.8, 4) is 0 Å². The van der Waals surface area contributed by atoms with Crippen molar-refractivity contribution in [2.45, 2.75) is 26.8 Å². The minimum Gasteiger partial charge on any atom is -0.361 e. The maximum Gasteiger partial charge on any atom is 0.184 e. The van der Waals surface area contributed by atoms with Crippen LogP contribution in [-0.4, -0.2) is 18.4 Å². The second-order valence-electron chi connectivity index (χ2n) is 5.12. The molecule has 2 aromatic carbocycles. The number of ketones is 1. The first-order valence-electron chi connectivity index (χ1n) is 7.16. The molecule has 2 nitrogen and oxygen atoms in total. The van der Waals surface area contributed by atoms with Crippen molar-refractivity contribution in [2.24, 2.45) is 0 Å². The van der Waals surface area contributed by atoms with E-state index in [-0.39, 0.29) is 17.6 Å². The predicted octanol–water partition coefficient (Wildman–Crippen LogP) is 4.23. The highest BCUT2D eigenvalue weighted by Gasteiger charge is 2.22. The van der Waals surface area contributed by atoms with Gasteiger partial charge < -0.3 is 4.90 Å². The van der Waals surface area contributed by atoms with Crippen molar-refractivity contribution in [1.29, 1.82) is 0 Å². The largest absolute Gasteiger partial charge is 0.361 e. The maximum absolute atomic E-state index is 13.0. The number of hydrogen-bond acceptors (Lipinski definition) is 2. The molecule has 3 heteroatoms. The zero-order chi connectivity index (χ0) is 15.4. The van der Waals surface area contributed by atoms with E-state index >= 15 is 0 Å². The van der Waals surface area contributed by atoms with Crippen LogP contribution in [0.2, 0.25) is 0 Å². The summed E-state index contributed by atoms with van der Waals surface area (Å²) >= 11 is 0. The topological polar surface area (TPSA) is 20.3 Å². The fourth-order valence-electron chi connectivity index (χ4n) is 2.54. The van der Waals surface area contributed by atoms with Gasteiger partial charge in [0.2, 0.25) is 0 Å². The third kappa shape index (κ3) is 3.30. The number of likely N-dealkylation sites (N-methyl/N-ethyl adjacent to an activating group) is 1. The number of Topliss-reactive ketones (excluding diaryl/α,β-unsaturated/α-hetero) is 1. The quantitative estimate of drug-likeness (QED) is 0.766. The van der Waals surface area contributed by atoms with Crippen LogP contribution >= 0.6 is 0 Å². The number of carbonyl (C=O) groups excluding carboxylic acids is 1. The number of benzene rings is 2. The first-order valence-corrected chi connectivity index (χ1v) is 7.16. The van der Waals surface area contributed by atoms with Crippen LogP contribution in [0.4, 0.5) is 10.1 Å². The monoisotopic (exact) mass is 285 g/mol. The minimum absolute atomic E-state index is 0.0000954. The lowest BCUT2D eigenvalue weighted by molar-refractivity contribution is 0.0964. The molecule has 0 heterocycles. The minimum atomic E-state index is -0.328. The fourth-order valence-corrected chi connectivity index (χ4v) is 2.54. The number of aryl methyl sites for hydroxylation is 1. The summed E-state index contributed by atoms with van der Waals surface area (Å²) in [6, 6.07) is 13.5. The standard InChI is InChI=1S/C18H20FNO/c1-4-20(17-8-6-5-7-13(17)2)14(3)18(21)15-9-11-16(19)12-10-15/h5-12,14H,4H2,1-3H3. The molecule has 1 unspecified atom stereocenters. The molecule has 0 spiro atoms. The summed E-state index contributed by atoms with van der Waals surface area (Å²) in [6.45, 7) is 6.69. The molecule has 0 saturated carbocycles. The number of nitrogens with zero attached hydrogens (tertiary/aromatic N) is 1. The van der Waals surface area contributed by atoms with Crippen LogP contribution in [0.15, 0.2) is 48.5 Å². The molecule has 0 amide bonds. The van der Waals surface area contributed by atoms with Crippen LogP contribution in [0, 0.1) is 12.7 Å². The molecule has 0 aromatic heterocycles. The number of para-hydroxylation sites is 1. The summed E-state index contributed by atoms with van der Waals surface area (Å²) in [5.74, 6) is -0.328. The Balaban J connectivity index is 2.28. The summed E-state index contributed by atoms with van der Waals surface area (Å²) in [5, 5.41) is 0. The summed E-state index contributed by atoms with van der Waals surface area (Å²) in [4.78, 5) is 14.6. The lowest BCUT2D eigenvalue weighted by Gasteiger charge is -2.30. The van der Waals surface area contributed by atoms with Crippen molar-refractivity contribution in [2.75, 3.05) is 11.4 Å². The van der Waals surface area contributed by atoms with Crippen LogP contribution in [0.1, 0.15) is 29.8 Å². The van der Waals surface area contributed by atoms with Crippen molar-refractivity contribution in [3.05, 3.63) is 65.5 Å². The Morgan fingerprint density at radius 3 is 2.33 bits per heavy atom. The first-order chi connectivity index (χ1) is 10.0. The molecule has 0 fully saturated rings. The van der Waals surface area contributed by atoms with Gasteiger partial charge in [0.15, 0.2) is 5.78 Å². The van der Waals surface area contributed by atoms with Gasteiger partial charge in [0.05, 0.1) is 6.04 Å². The summed E-state index contributed by atoms with van der Waals surface area (Å²) < 4.78 is 13.0. The van der Waals surface area contributed by atoms with Crippen molar-refractivity contribution >= 4 is 11.5 Å². The number of halogens is 1. The molecule has 0 aliphatic heterocycles. The van der Waals surface area contributed by atoms with Crippen molar-refractivity contribution in [1.82, 2.24) is 0 Å². The molecule has 0 N–H and O–H groups in total. The Hall–Kier alpha value is -2.16. The third-order valence-electron chi connectivity index (χ3n) is 3.74. The second kappa shape index (κ2) is 6.53. The molecule has 0 aliphatic rings. The average molecular weight is 285 g/mol. The smallest absolute Gasteiger partial charge is 0.184 e. The van der Waals surface area contributed by atoms with Gasteiger partial charge >= 0.3 is 0 Å². The van der Waals surface area contributed by atoms with Crippen LogP contribution in [0.3, 0.4) is 0 Å². The van der Waals surface area contributed by atoms with E-state index in [9.17, 15) is 9.18 Å². The van der Waals surface area contributed by atoms with Gasteiger partial charge in [-0.05, 0) is 56.7 Å². The summed E-state index contributed by atoms with van der Waals surface area (Å²) in [7, 11) is 0. The molecule has 110 valence electrons. The SMILES string of the molecule is CCN(c1ccccc1C)C(C)C(=O)c1ccc(F)cc1. The maximum atomic E-state index is 13.0. The van der Waals surface area contributed by atoms with Crippen LogP contribution in [-0.2, 0) is 0 Å². The highest BCUT2D eigenvalue weighted by molar-refractivity contribution is 6.01. The number of rotatable bonds is 5. The van der Waals surface area contributed by atoms with E-state index in [1.165, 1.54) is 12.1 Å². The molecule has 0 aliphatic carbocycles. The van der Waals surface area contributed by atoms with Crippen LogP contribution in [0.5, 0.6) is 0 Å². The highest BCUT2D eigenvalue weighted by atomic mass is 19.1. The Morgan fingerprint density at radius 1 is 1.14 bits per heavy atom. The van der Waals surface area contributed by atoms with E-state index in [0.29, 0.717) is 5.56 Å². The summed E-state index contributed by atoms with van der Waals surface area (Å²) in [6.07, 6.45) is 0. The van der Waals surface area contributed by atoms with Gasteiger partial charge in [0.25, 0.3) is 0 Å². The molecule has 1 atom stereocenters. The Labute approximate surface area is 125 Å². The highest BCUT2D eigenvalue weighted by Crippen LogP contribution is 2.23. The van der Waals surface area contributed by atoms with Gasteiger partial charge in [-0.2, -0.15) is 0 Å². The van der Waals surface area contributed by atoms with E-state index in [4.69, 9.17) is 0 Å². The third-order valence-corrected chi connectivity index (χ3v) is 3.74. The Kier molecular flexibility index (Phi) is 4.73. The average Bonchev–Trinajstić information content (AvgIpc) is 2.50. The zero-order valence-corrected chi connectivity index (χ0v) is 12.6. The molecule has 0 bridgehead atoms. The van der Waals surface area contributed by atoms with E-state index in [0.717, 1.165) is 17.8 Å². The molecule has 2 aromatic rings.